The van der Waals surface area contributed by atoms with Crippen molar-refractivity contribution in [2.24, 2.45) is 11.7 Å². The van der Waals surface area contributed by atoms with Crippen molar-refractivity contribution in [1.29, 1.82) is 0 Å². The van der Waals surface area contributed by atoms with E-state index in [2.05, 4.69) is 6.92 Å². The fraction of sp³-hybridized carbons (Fsp3) is 0.722. The molecule has 1 aliphatic heterocycles. The summed E-state index contributed by atoms with van der Waals surface area (Å²) < 4.78 is 11.5. The Kier molecular flexibility index (Phi) is 7.14. The molecule has 1 aromatic heterocycles. The Balaban J connectivity index is 0.00000208. The van der Waals surface area contributed by atoms with Crippen LogP contribution in [0.4, 0.5) is 0 Å². The minimum absolute atomic E-state index is 0. The first kappa shape index (κ1) is 19.3. The number of hydrogen-bond acceptors (Lipinski definition) is 4. The molecule has 2 fully saturated rings. The molecule has 1 amide bonds. The number of nitrogens with two attached hydrogens (primary N) is 1. The molecule has 1 saturated carbocycles. The number of piperidine rings is 1. The van der Waals surface area contributed by atoms with Gasteiger partial charge in [-0.05, 0) is 50.5 Å². The molecule has 1 aliphatic carbocycles. The van der Waals surface area contributed by atoms with Crippen molar-refractivity contribution in [3.05, 3.63) is 23.7 Å². The van der Waals surface area contributed by atoms with Gasteiger partial charge in [0.25, 0.3) is 5.91 Å². The van der Waals surface area contributed by atoms with Crippen LogP contribution in [-0.4, -0.2) is 36.1 Å². The first-order valence-electron chi connectivity index (χ1n) is 8.88. The zero-order chi connectivity index (χ0) is 16.2. The summed E-state index contributed by atoms with van der Waals surface area (Å²) in [6, 6.07) is 1.74. The molecule has 3 rings (SSSR count). The molecule has 1 aromatic rings. The van der Waals surface area contributed by atoms with E-state index in [4.69, 9.17) is 14.9 Å². The third-order valence-electron chi connectivity index (χ3n) is 5.18. The zero-order valence-corrected chi connectivity index (χ0v) is 15.2. The lowest BCUT2D eigenvalue weighted by molar-refractivity contribution is -0.0570. The van der Waals surface area contributed by atoms with E-state index in [0.29, 0.717) is 30.1 Å². The lowest BCUT2D eigenvalue weighted by atomic mass is 9.88. The monoisotopic (exact) mass is 356 g/mol. The van der Waals surface area contributed by atoms with Gasteiger partial charge in [-0.1, -0.05) is 6.92 Å². The van der Waals surface area contributed by atoms with Gasteiger partial charge in [0, 0.05) is 13.1 Å². The van der Waals surface area contributed by atoms with Crippen molar-refractivity contribution in [2.75, 3.05) is 13.1 Å². The maximum atomic E-state index is 12.4. The Bertz CT molecular complexity index is 518. The molecule has 2 heterocycles. The molecule has 0 unspecified atom stereocenters. The van der Waals surface area contributed by atoms with E-state index in [1.165, 1.54) is 31.9 Å². The first-order valence-corrected chi connectivity index (χ1v) is 8.88. The van der Waals surface area contributed by atoms with Gasteiger partial charge in [-0.2, -0.15) is 0 Å². The van der Waals surface area contributed by atoms with Crippen LogP contribution in [-0.2, 0) is 11.3 Å². The second-order valence-corrected chi connectivity index (χ2v) is 7.02. The van der Waals surface area contributed by atoms with Crippen LogP contribution in [0.2, 0.25) is 0 Å². The van der Waals surface area contributed by atoms with Crippen LogP contribution in [0.3, 0.4) is 0 Å². The van der Waals surface area contributed by atoms with E-state index in [9.17, 15) is 4.79 Å². The molecule has 2 aliphatic rings. The molecule has 136 valence electrons. The van der Waals surface area contributed by atoms with Crippen molar-refractivity contribution in [2.45, 2.75) is 64.2 Å². The van der Waals surface area contributed by atoms with Crippen LogP contribution >= 0.6 is 12.4 Å². The smallest absolute Gasteiger partial charge is 0.257 e. The number of furan rings is 1. The highest BCUT2D eigenvalue weighted by Crippen LogP contribution is 2.28. The van der Waals surface area contributed by atoms with Crippen LogP contribution < -0.4 is 5.73 Å². The largest absolute Gasteiger partial charge is 0.467 e. The summed E-state index contributed by atoms with van der Waals surface area (Å²) in [5.74, 6) is 1.54. The molecule has 5 nitrogen and oxygen atoms in total. The molecule has 0 spiro atoms. The summed E-state index contributed by atoms with van der Waals surface area (Å²) in [6.07, 6.45) is 9.06. The molecular weight excluding hydrogens is 328 g/mol. The number of halogens is 1. The van der Waals surface area contributed by atoms with E-state index >= 15 is 0 Å². The summed E-state index contributed by atoms with van der Waals surface area (Å²) >= 11 is 0. The summed E-state index contributed by atoms with van der Waals surface area (Å²) in [5, 5.41) is 0. The lowest BCUT2D eigenvalue weighted by Gasteiger charge is -2.35. The highest BCUT2D eigenvalue weighted by Gasteiger charge is 2.28. The number of hydrogen-bond donors (Lipinski definition) is 1. The van der Waals surface area contributed by atoms with E-state index in [1.54, 1.807) is 6.07 Å². The number of amides is 1. The third-order valence-corrected chi connectivity index (χ3v) is 5.18. The van der Waals surface area contributed by atoms with Gasteiger partial charge >= 0.3 is 0 Å². The van der Waals surface area contributed by atoms with Crippen LogP contribution in [0.15, 0.2) is 16.7 Å². The highest BCUT2D eigenvalue weighted by atomic mass is 35.5. The molecule has 24 heavy (non-hydrogen) atoms. The molecular formula is C18H29ClN2O3. The Morgan fingerprint density at radius 2 is 1.83 bits per heavy atom. The van der Waals surface area contributed by atoms with Crippen molar-refractivity contribution in [1.82, 2.24) is 4.90 Å². The SMILES string of the molecule is CC1CCC(OC2CCN(C(=O)c3coc(CN)c3)CC2)CC1.Cl. The van der Waals surface area contributed by atoms with Crippen molar-refractivity contribution < 1.29 is 13.9 Å². The van der Waals surface area contributed by atoms with Crippen LogP contribution in [0.1, 0.15) is 61.6 Å². The maximum absolute atomic E-state index is 12.4. The Hall–Kier alpha value is -1.04. The van der Waals surface area contributed by atoms with E-state index in [-0.39, 0.29) is 18.3 Å². The predicted octanol–water partition coefficient (Wildman–Crippen LogP) is 3.36. The molecule has 0 atom stereocenters. The Labute approximate surface area is 150 Å². The van der Waals surface area contributed by atoms with Gasteiger partial charge in [0.1, 0.15) is 12.0 Å². The molecule has 2 N–H and O–H groups in total. The third kappa shape index (κ3) is 4.74. The first-order chi connectivity index (χ1) is 11.2. The Morgan fingerprint density at radius 1 is 1.21 bits per heavy atom. The van der Waals surface area contributed by atoms with Gasteiger partial charge in [0.2, 0.25) is 0 Å². The molecule has 0 radical (unpaired) electrons. The second kappa shape index (κ2) is 8.88. The number of rotatable bonds is 4. The minimum atomic E-state index is 0. The maximum Gasteiger partial charge on any atom is 0.257 e. The van der Waals surface area contributed by atoms with Gasteiger partial charge in [-0.15, -0.1) is 12.4 Å². The topological polar surface area (TPSA) is 68.7 Å². The van der Waals surface area contributed by atoms with Gasteiger partial charge < -0.3 is 19.8 Å². The van der Waals surface area contributed by atoms with Crippen LogP contribution in [0.25, 0.3) is 0 Å². The number of ether oxygens (including phenoxy) is 1. The van der Waals surface area contributed by atoms with Crippen molar-refractivity contribution in [3.63, 3.8) is 0 Å². The average Bonchev–Trinajstić information content (AvgIpc) is 3.06. The van der Waals surface area contributed by atoms with Crippen LogP contribution in [0, 0.1) is 5.92 Å². The summed E-state index contributed by atoms with van der Waals surface area (Å²) in [6.45, 7) is 4.17. The fourth-order valence-electron chi connectivity index (χ4n) is 3.62. The molecule has 1 saturated heterocycles. The zero-order valence-electron chi connectivity index (χ0n) is 14.4. The van der Waals surface area contributed by atoms with Gasteiger partial charge in [0.05, 0.1) is 24.3 Å². The van der Waals surface area contributed by atoms with Crippen molar-refractivity contribution in [3.8, 4) is 0 Å². The van der Waals surface area contributed by atoms with Crippen LogP contribution in [0.5, 0.6) is 0 Å². The minimum Gasteiger partial charge on any atom is -0.467 e. The standard InChI is InChI=1S/C18H28N2O3.ClH/c1-13-2-4-15(5-3-13)23-16-6-8-20(9-7-16)18(21)14-10-17(11-19)22-12-14;/h10,12-13,15-16H,2-9,11,19H2,1H3;1H. The van der Waals surface area contributed by atoms with E-state index in [0.717, 1.165) is 31.8 Å². The quantitative estimate of drug-likeness (QED) is 0.898. The lowest BCUT2D eigenvalue weighted by Crippen LogP contribution is -2.42. The number of likely N-dealkylation sites (tertiary alicyclic amines) is 1. The second-order valence-electron chi connectivity index (χ2n) is 7.02. The fourth-order valence-corrected chi connectivity index (χ4v) is 3.62. The molecule has 0 bridgehead atoms. The molecule has 6 heteroatoms. The highest BCUT2D eigenvalue weighted by molar-refractivity contribution is 5.94. The van der Waals surface area contributed by atoms with E-state index < -0.39 is 0 Å². The van der Waals surface area contributed by atoms with Gasteiger partial charge in [-0.3, -0.25) is 4.79 Å². The predicted molar refractivity (Wildman–Crippen MR) is 95.3 cm³/mol. The summed E-state index contributed by atoms with van der Waals surface area (Å²) in [7, 11) is 0. The number of nitrogens with zero attached hydrogens (tertiary/aromatic N) is 1. The Morgan fingerprint density at radius 3 is 2.42 bits per heavy atom. The van der Waals surface area contributed by atoms with Gasteiger partial charge in [0.15, 0.2) is 0 Å². The van der Waals surface area contributed by atoms with Crippen molar-refractivity contribution >= 4 is 18.3 Å². The average molecular weight is 357 g/mol. The number of carbonyl (C=O) groups is 1. The van der Waals surface area contributed by atoms with E-state index in [1.807, 2.05) is 4.90 Å². The molecule has 0 aromatic carbocycles. The number of carbonyl (C=O) groups excluding carboxylic acids is 1. The normalized spacial score (nSPS) is 25.3. The van der Waals surface area contributed by atoms with Gasteiger partial charge in [-0.25, -0.2) is 0 Å². The summed E-state index contributed by atoms with van der Waals surface area (Å²) in [5.41, 5.74) is 6.13. The summed E-state index contributed by atoms with van der Waals surface area (Å²) in [4.78, 5) is 14.3.